The van der Waals surface area contributed by atoms with Gasteiger partial charge in [-0.3, -0.25) is 24.1 Å². The number of carbonyl (C=O) groups excluding carboxylic acids is 4. The van der Waals surface area contributed by atoms with Crippen LogP contribution in [0.3, 0.4) is 0 Å². The van der Waals surface area contributed by atoms with Crippen molar-refractivity contribution in [1.82, 2.24) is 9.80 Å². The minimum Gasteiger partial charge on any atom is -0.511 e. The van der Waals surface area contributed by atoms with Crippen LogP contribution in [0.1, 0.15) is 41.3 Å². The van der Waals surface area contributed by atoms with Gasteiger partial charge in [-0.05, 0) is 38.8 Å². The van der Waals surface area contributed by atoms with Crippen LogP contribution in [-0.2, 0) is 27.3 Å². The molecule has 0 spiro atoms. The van der Waals surface area contributed by atoms with Gasteiger partial charge >= 0.3 is 0 Å². The minimum absolute atomic E-state index is 0.0499. The molecule has 2 amide bonds. The first-order chi connectivity index (χ1) is 17.6. The summed E-state index contributed by atoms with van der Waals surface area (Å²) in [6.45, 7) is 1.61. The number of fused-ring (bicyclic) bond motifs is 3. The van der Waals surface area contributed by atoms with Crippen LogP contribution in [0, 0.1) is 17.7 Å². The van der Waals surface area contributed by atoms with E-state index in [0.717, 1.165) is 6.07 Å². The number of carbonyl (C=O) groups is 4. The Labute approximate surface area is 217 Å². The maximum atomic E-state index is 15.8. The number of nitrogens with two attached hydrogens (primary N) is 1. The van der Waals surface area contributed by atoms with Gasteiger partial charge in [-0.25, -0.2) is 4.39 Å². The number of likely N-dealkylation sites (N-methyl/N-ethyl adjacent to an activating group) is 2. The summed E-state index contributed by atoms with van der Waals surface area (Å²) in [5, 5.41) is 43.2. The van der Waals surface area contributed by atoms with E-state index in [4.69, 9.17) is 5.73 Å². The largest absolute Gasteiger partial charge is 0.511 e. The quantitative estimate of drug-likeness (QED) is 0.340. The van der Waals surface area contributed by atoms with Crippen LogP contribution in [0.4, 0.5) is 4.39 Å². The molecular formula is C26H30FN3O8. The zero-order chi connectivity index (χ0) is 28.4. The third-order valence-electron chi connectivity index (χ3n) is 7.95. The highest BCUT2D eigenvalue weighted by atomic mass is 19.1. The second-order valence-corrected chi connectivity index (χ2v) is 10.5. The van der Waals surface area contributed by atoms with Gasteiger partial charge in [0.1, 0.15) is 28.7 Å². The molecule has 3 aliphatic carbocycles. The number of allylic oxidation sites excluding steroid dienone is 2. The first-order valence-electron chi connectivity index (χ1n) is 12.0. The second kappa shape index (κ2) is 9.21. The summed E-state index contributed by atoms with van der Waals surface area (Å²) in [6.07, 6.45) is -0.606. The number of rotatable bonds is 5. The molecule has 0 fully saturated rings. The number of hydrogen-bond donors (Lipinski definition) is 5. The molecule has 38 heavy (non-hydrogen) atoms. The number of ketones is 2. The van der Waals surface area contributed by atoms with Gasteiger partial charge in [-0.1, -0.05) is 0 Å². The molecule has 11 nitrogen and oxygen atoms in total. The van der Waals surface area contributed by atoms with Crippen LogP contribution in [-0.4, -0.2) is 86.4 Å². The van der Waals surface area contributed by atoms with E-state index >= 15 is 4.39 Å². The average Bonchev–Trinajstić information content (AvgIpc) is 2.82. The lowest BCUT2D eigenvalue weighted by Crippen LogP contribution is -2.57. The molecule has 0 radical (unpaired) electrons. The van der Waals surface area contributed by atoms with E-state index < -0.39 is 75.2 Å². The summed E-state index contributed by atoms with van der Waals surface area (Å²) < 4.78 is 15.8. The molecule has 1 unspecified atom stereocenters. The van der Waals surface area contributed by atoms with Crippen molar-refractivity contribution in [3.63, 3.8) is 0 Å². The Balaban J connectivity index is 1.76. The number of aliphatic hydroxyl groups is 3. The molecule has 3 aliphatic rings. The van der Waals surface area contributed by atoms with E-state index in [1.165, 1.54) is 4.90 Å². The van der Waals surface area contributed by atoms with Crippen molar-refractivity contribution in [3.05, 3.63) is 51.2 Å². The number of nitrogens with zero attached hydrogens (tertiary/aromatic N) is 2. The molecule has 204 valence electrons. The predicted octanol–water partition coefficient (Wildman–Crippen LogP) is 0.628. The van der Waals surface area contributed by atoms with Gasteiger partial charge in [0.25, 0.3) is 5.91 Å². The second-order valence-electron chi connectivity index (χ2n) is 10.5. The Hall–Kier alpha value is -3.77. The van der Waals surface area contributed by atoms with Gasteiger partial charge in [-0.15, -0.1) is 0 Å². The van der Waals surface area contributed by atoms with Crippen LogP contribution >= 0.6 is 0 Å². The van der Waals surface area contributed by atoms with Gasteiger partial charge in [0, 0.05) is 49.7 Å². The van der Waals surface area contributed by atoms with Gasteiger partial charge in [-0.2, -0.15) is 0 Å². The number of halogens is 1. The molecule has 12 heteroatoms. The molecular weight excluding hydrogens is 501 g/mol. The number of phenolic OH excluding ortho intramolecular Hbond substituents is 1. The topological polar surface area (TPSA) is 182 Å². The van der Waals surface area contributed by atoms with E-state index in [-0.39, 0.29) is 48.4 Å². The SMILES string of the molecule is C[C@H](C(=O)N(C)C)N(C)Cc1cc(O)c2c(c1F)CC1C[C@H]3CC(O)=C(C(N)=O)C(=O)[C@@]3(O)C(O)=C1C2=O. The van der Waals surface area contributed by atoms with Crippen molar-refractivity contribution in [2.75, 3.05) is 21.1 Å². The first-order valence-corrected chi connectivity index (χ1v) is 12.0. The van der Waals surface area contributed by atoms with Crippen LogP contribution in [0.15, 0.2) is 28.7 Å². The molecule has 0 saturated carbocycles. The van der Waals surface area contributed by atoms with Gasteiger partial charge in [0.05, 0.1) is 11.6 Å². The molecule has 0 saturated heterocycles. The summed E-state index contributed by atoms with van der Waals surface area (Å²) in [5.41, 5.74) is 0.847. The first kappa shape index (κ1) is 27.3. The zero-order valence-corrected chi connectivity index (χ0v) is 21.4. The number of amides is 2. The fraction of sp³-hybridized carbons (Fsp3) is 0.462. The maximum absolute atomic E-state index is 15.8. The molecule has 4 rings (SSSR count). The lowest BCUT2D eigenvalue weighted by Gasteiger charge is -2.45. The maximum Gasteiger partial charge on any atom is 0.255 e. The van der Waals surface area contributed by atoms with E-state index in [0.29, 0.717) is 0 Å². The highest BCUT2D eigenvalue weighted by Gasteiger charge is 2.59. The van der Waals surface area contributed by atoms with Crippen molar-refractivity contribution >= 4 is 23.4 Å². The predicted molar refractivity (Wildman–Crippen MR) is 130 cm³/mol. The monoisotopic (exact) mass is 531 g/mol. The van der Waals surface area contributed by atoms with Crippen LogP contribution in [0.25, 0.3) is 0 Å². The van der Waals surface area contributed by atoms with Gasteiger partial charge in [0.15, 0.2) is 11.4 Å². The number of Topliss-reactive ketones (excluding diaryl/α,β-unsaturated/α-hetero) is 2. The van der Waals surface area contributed by atoms with Gasteiger partial charge in [0.2, 0.25) is 11.7 Å². The van der Waals surface area contributed by atoms with Crippen LogP contribution in [0.5, 0.6) is 5.75 Å². The molecule has 0 bridgehead atoms. The molecule has 0 heterocycles. The Morgan fingerprint density at radius 1 is 1.18 bits per heavy atom. The van der Waals surface area contributed by atoms with E-state index in [1.807, 2.05) is 0 Å². The summed E-state index contributed by atoms with van der Waals surface area (Å²) in [7, 11) is 4.81. The Kier molecular flexibility index (Phi) is 6.61. The number of benzene rings is 1. The number of aliphatic hydroxyl groups excluding tert-OH is 2. The molecule has 4 atom stereocenters. The fourth-order valence-electron chi connectivity index (χ4n) is 5.81. The molecule has 1 aromatic carbocycles. The summed E-state index contributed by atoms with van der Waals surface area (Å²) in [5.74, 6) is -8.66. The zero-order valence-electron chi connectivity index (χ0n) is 21.4. The lowest BCUT2D eigenvalue weighted by molar-refractivity contribution is -0.144. The highest BCUT2D eigenvalue weighted by Crippen LogP contribution is 2.51. The summed E-state index contributed by atoms with van der Waals surface area (Å²) in [6, 6.07) is 0.479. The standard InChI is InChI=1S/C26H30FN3O8/c1-10(25(37)29(2)3)30(4)9-12-7-15(31)18-14(20(12)27)6-11-5-13-8-16(32)19(24(28)36)23(35)26(13,38)22(34)17(11)21(18)33/h7,10-11,13,31-32,34,38H,5-6,8-9H2,1-4H3,(H2,28,36)/t10-,11?,13+,26+/m1/s1. The molecule has 0 aromatic heterocycles. The minimum atomic E-state index is -2.68. The Morgan fingerprint density at radius 2 is 1.82 bits per heavy atom. The van der Waals surface area contributed by atoms with Crippen molar-refractivity contribution in [3.8, 4) is 5.75 Å². The number of hydrogen-bond acceptors (Lipinski definition) is 9. The van der Waals surface area contributed by atoms with Crippen LogP contribution in [0.2, 0.25) is 0 Å². The number of primary amides is 1. The van der Waals surface area contributed by atoms with Crippen molar-refractivity contribution in [2.24, 2.45) is 17.6 Å². The smallest absolute Gasteiger partial charge is 0.255 e. The van der Waals surface area contributed by atoms with E-state index in [9.17, 15) is 39.6 Å². The third-order valence-corrected chi connectivity index (χ3v) is 7.95. The van der Waals surface area contributed by atoms with Crippen molar-refractivity contribution in [1.29, 1.82) is 0 Å². The number of phenols is 1. The lowest BCUT2D eigenvalue weighted by atomic mass is 9.60. The summed E-state index contributed by atoms with van der Waals surface area (Å²) >= 11 is 0. The molecule has 0 aliphatic heterocycles. The fourth-order valence-corrected chi connectivity index (χ4v) is 5.81. The number of aromatic hydroxyl groups is 1. The third kappa shape index (κ3) is 3.86. The van der Waals surface area contributed by atoms with Crippen molar-refractivity contribution < 1.29 is 44.0 Å². The molecule has 6 N–H and O–H groups in total. The van der Waals surface area contributed by atoms with Crippen molar-refractivity contribution in [2.45, 2.75) is 44.4 Å². The Morgan fingerprint density at radius 3 is 2.39 bits per heavy atom. The average molecular weight is 532 g/mol. The van der Waals surface area contributed by atoms with E-state index in [1.54, 1.807) is 33.0 Å². The highest BCUT2D eigenvalue weighted by molar-refractivity contribution is 6.24. The van der Waals surface area contributed by atoms with Gasteiger partial charge < -0.3 is 31.1 Å². The molecule has 1 aromatic rings. The van der Waals surface area contributed by atoms with Crippen LogP contribution < -0.4 is 5.73 Å². The van der Waals surface area contributed by atoms with E-state index in [2.05, 4.69) is 0 Å². The summed E-state index contributed by atoms with van der Waals surface area (Å²) in [4.78, 5) is 53.5. The normalized spacial score (nSPS) is 25.7. The Bertz CT molecular complexity index is 1350.